The number of rotatable bonds is 6. The molecule has 2 fully saturated rings. The van der Waals surface area contributed by atoms with E-state index in [0.29, 0.717) is 12.5 Å². The summed E-state index contributed by atoms with van der Waals surface area (Å²) in [5, 5.41) is 3.55. The van der Waals surface area contributed by atoms with Crippen molar-refractivity contribution in [1.29, 1.82) is 0 Å². The number of aliphatic imine (C=N–C) groups is 1. The number of carbonyl (C=O) groups is 1. The van der Waals surface area contributed by atoms with Gasteiger partial charge in [-0.3, -0.25) is 9.79 Å². The molecule has 6 heteroatoms. The highest BCUT2D eigenvalue weighted by Gasteiger charge is 2.42. The maximum Gasteiger partial charge on any atom is 0.230 e. The van der Waals surface area contributed by atoms with Crippen molar-refractivity contribution in [1.82, 2.24) is 15.1 Å². The molecule has 3 rings (SSSR count). The van der Waals surface area contributed by atoms with Crippen LogP contribution in [0.3, 0.4) is 0 Å². The van der Waals surface area contributed by atoms with Gasteiger partial charge in [0.05, 0.1) is 5.41 Å². The highest BCUT2D eigenvalue weighted by atomic mass is 32.2. The van der Waals surface area contributed by atoms with Crippen molar-refractivity contribution < 1.29 is 4.79 Å². The Morgan fingerprint density at radius 3 is 2.64 bits per heavy atom. The Morgan fingerprint density at radius 1 is 1.29 bits per heavy atom. The average Bonchev–Trinajstić information content (AvgIpc) is 3.38. The Kier molecular flexibility index (Phi) is 7.27. The third-order valence-corrected chi connectivity index (χ3v) is 7.28. The Labute approximate surface area is 174 Å². The molecule has 1 amide bonds. The molecule has 5 nitrogen and oxygen atoms in total. The van der Waals surface area contributed by atoms with Gasteiger partial charge < -0.3 is 15.1 Å². The van der Waals surface area contributed by atoms with Crippen LogP contribution in [0.15, 0.2) is 40.2 Å². The Balaban J connectivity index is 1.52. The fraction of sp³-hybridized carbons (Fsp3) is 0.636. The number of guanidine groups is 1. The van der Waals surface area contributed by atoms with E-state index in [9.17, 15) is 4.79 Å². The van der Waals surface area contributed by atoms with Gasteiger partial charge in [0.1, 0.15) is 0 Å². The highest BCUT2D eigenvalue weighted by molar-refractivity contribution is 7.99. The summed E-state index contributed by atoms with van der Waals surface area (Å²) in [7, 11) is 5.59. The minimum atomic E-state index is -0.262. The van der Waals surface area contributed by atoms with Gasteiger partial charge in [-0.25, -0.2) is 0 Å². The molecule has 1 unspecified atom stereocenters. The van der Waals surface area contributed by atoms with Gasteiger partial charge in [-0.05, 0) is 37.3 Å². The molecule has 1 saturated carbocycles. The predicted molar refractivity (Wildman–Crippen MR) is 118 cm³/mol. The molecule has 0 aromatic heterocycles. The number of hydrogen-bond acceptors (Lipinski definition) is 3. The third-order valence-electron chi connectivity index (χ3n) is 6.03. The van der Waals surface area contributed by atoms with E-state index in [1.807, 2.05) is 32.9 Å². The molecular weight excluding hydrogens is 368 g/mol. The first kappa shape index (κ1) is 21.0. The number of carbonyl (C=O) groups excluding carboxylic acids is 1. The van der Waals surface area contributed by atoms with E-state index in [4.69, 9.17) is 0 Å². The van der Waals surface area contributed by atoms with Gasteiger partial charge in [0, 0.05) is 51.4 Å². The zero-order chi connectivity index (χ0) is 20.0. The number of thioether (sulfide) groups is 1. The van der Waals surface area contributed by atoms with Crippen molar-refractivity contribution in [3.05, 3.63) is 30.3 Å². The Bertz CT molecular complexity index is 670. The zero-order valence-corrected chi connectivity index (χ0v) is 18.3. The maximum atomic E-state index is 12.8. The number of hydrogen-bond donors (Lipinski definition) is 1. The molecule has 2 aliphatic rings. The first-order valence-electron chi connectivity index (χ1n) is 10.4. The Hall–Kier alpha value is -1.69. The predicted octanol–water partition coefficient (Wildman–Crippen LogP) is 3.32. The van der Waals surface area contributed by atoms with Crippen LogP contribution in [0.25, 0.3) is 0 Å². The SMILES string of the molecule is CN=C(NCC1(C(=O)N(C)C)CCCC1)N1CCC(CSc2ccccc2)C1. The summed E-state index contributed by atoms with van der Waals surface area (Å²) in [6, 6.07) is 10.6. The number of nitrogens with one attached hydrogen (secondary N) is 1. The average molecular weight is 403 g/mol. The fourth-order valence-electron chi connectivity index (χ4n) is 4.46. The van der Waals surface area contributed by atoms with E-state index in [1.54, 1.807) is 4.90 Å². The molecule has 1 N–H and O–H groups in total. The second kappa shape index (κ2) is 9.68. The van der Waals surface area contributed by atoms with Crippen LogP contribution >= 0.6 is 11.8 Å². The second-order valence-electron chi connectivity index (χ2n) is 8.31. The van der Waals surface area contributed by atoms with Gasteiger partial charge in [-0.1, -0.05) is 31.0 Å². The van der Waals surface area contributed by atoms with Crippen LogP contribution in [-0.4, -0.2) is 68.2 Å². The lowest BCUT2D eigenvalue weighted by molar-refractivity contribution is -0.138. The summed E-state index contributed by atoms with van der Waals surface area (Å²) >= 11 is 1.94. The van der Waals surface area contributed by atoms with Crippen molar-refractivity contribution in [2.45, 2.75) is 37.0 Å². The molecule has 1 aliphatic heterocycles. The van der Waals surface area contributed by atoms with E-state index in [2.05, 4.69) is 45.5 Å². The molecule has 1 atom stereocenters. The molecule has 0 radical (unpaired) electrons. The van der Waals surface area contributed by atoms with Crippen molar-refractivity contribution >= 4 is 23.6 Å². The monoisotopic (exact) mass is 402 g/mol. The van der Waals surface area contributed by atoms with Crippen molar-refractivity contribution in [3.8, 4) is 0 Å². The van der Waals surface area contributed by atoms with Crippen LogP contribution in [0.2, 0.25) is 0 Å². The molecule has 1 aromatic rings. The first-order valence-corrected chi connectivity index (χ1v) is 11.4. The smallest absolute Gasteiger partial charge is 0.230 e. The number of amides is 1. The number of likely N-dealkylation sites (tertiary alicyclic amines) is 1. The standard InChI is InChI=1S/C22H34N4OS/c1-23-21(24-17-22(12-7-8-13-22)20(27)25(2)3)26-14-11-18(15-26)16-28-19-9-5-4-6-10-19/h4-6,9-10,18H,7-8,11-17H2,1-3H3,(H,23,24). The summed E-state index contributed by atoms with van der Waals surface area (Å²) < 4.78 is 0. The molecule has 0 spiro atoms. The molecule has 28 heavy (non-hydrogen) atoms. The van der Waals surface area contributed by atoms with E-state index in [1.165, 1.54) is 11.3 Å². The van der Waals surface area contributed by atoms with Crippen LogP contribution in [0.1, 0.15) is 32.1 Å². The van der Waals surface area contributed by atoms with E-state index < -0.39 is 0 Å². The Morgan fingerprint density at radius 2 is 2.00 bits per heavy atom. The second-order valence-corrected chi connectivity index (χ2v) is 9.41. The van der Waals surface area contributed by atoms with Crippen LogP contribution in [0.4, 0.5) is 0 Å². The van der Waals surface area contributed by atoms with Crippen molar-refractivity contribution in [2.24, 2.45) is 16.3 Å². The zero-order valence-electron chi connectivity index (χ0n) is 17.5. The van der Waals surface area contributed by atoms with Gasteiger partial charge in [-0.15, -0.1) is 11.8 Å². The summed E-state index contributed by atoms with van der Waals surface area (Å²) in [6.45, 7) is 2.76. The number of nitrogens with zero attached hydrogens (tertiary/aromatic N) is 3. The molecule has 1 saturated heterocycles. The molecule has 1 aliphatic carbocycles. The highest BCUT2D eigenvalue weighted by Crippen LogP contribution is 2.39. The van der Waals surface area contributed by atoms with Crippen LogP contribution < -0.4 is 5.32 Å². The number of benzene rings is 1. The lowest BCUT2D eigenvalue weighted by Gasteiger charge is -2.32. The summed E-state index contributed by atoms with van der Waals surface area (Å²) in [4.78, 5) is 22.8. The van der Waals surface area contributed by atoms with Gasteiger partial charge >= 0.3 is 0 Å². The summed E-state index contributed by atoms with van der Waals surface area (Å²) in [6.07, 6.45) is 5.43. The fourth-order valence-corrected chi connectivity index (χ4v) is 5.51. The van der Waals surface area contributed by atoms with Gasteiger partial charge in [0.25, 0.3) is 0 Å². The molecule has 1 aromatic carbocycles. The van der Waals surface area contributed by atoms with Crippen LogP contribution in [-0.2, 0) is 4.79 Å². The normalized spacial score (nSPS) is 21.8. The minimum Gasteiger partial charge on any atom is -0.355 e. The summed E-state index contributed by atoms with van der Waals surface area (Å²) in [5.41, 5.74) is -0.262. The molecule has 1 heterocycles. The topological polar surface area (TPSA) is 47.9 Å². The van der Waals surface area contributed by atoms with E-state index >= 15 is 0 Å². The largest absolute Gasteiger partial charge is 0.355 e. The van der Waals surface area contributed by atoms with E-state index in [0.717, 1.165) is 50.5 Å². The van der Waals surface area contributed by atoms with Gasteiger partial charge in [0.15, 0.2) is 5.96 Å². The molecule has 0 bridgehead atoms. The van der Waals surface area contributed by atoms with E-state index in [-0.39, 0.29) is 11.3 Å². The minimum absolute atomic E-state index is 0.256. The third kappa shape index (κ3) is 5.02. The summed E-state index contributed by atoms with van der Waals surface area (Å²) in [5.74, 6) is 3.02. The van der Waals surface area contributed by atoms with Crippen LogP contribution in [0.5, 0.6) is 0 Å². The van der Waals surface area contributed by atoms with Crippen molar-refractivity contribution in [3.63, 3.8) is 0 Å². The van der Waals surface area contributed by atoms with Gasteiger partial charge in [0.2, 0.25) is 5.91 Å². The van der Waals surface area contributed by atoms with Gasteiger partial charge in [-0.2, -0.15) is 0 Å². The van der Waals surface area contributed by atoms with Crippen LogP contribution in [0, 0.1) is 11.3 Å². The lowest BCUT2D eigenvalue weighted by Crippen LogP contribution is -2.49. The maximum absolute atomic E-state index is 12.8. The first-order chi connectivity index (χ1) is 13.5. The molecule has 154 valence electrons. The lowest BCUT2D eigenvalue weighted by atomic mass is 9.84. The quantitative estimate of drug-likeness (QED) is 0.450. The van der Waals surface area contributed by atoms with Crippen molar-refractivity contribution in [2.75, 3.05) is 46.5 Å². The molecular formula is C22H34N4OS.